The number of fused-ring (bicyclic) bond motifs is 1. The van der Waals surface area contributed by atoms with Crippen molar-refractivity contribution < 1.29 is 4.74 Å². The molecule has 0 radical (unpaired) electrons. The van der Waals surface area contributed by atoms with Crippen LogP contribution in [0.3, 0.4) is 0 Å². The molecule has 1 saturated carbocycles. The van der Waals surface area contributed by atoms with Gasteiger partial charge in [0.1, 0.15) is 11.6 Å². The van der Waals surface area contributed by atoms with Crippen LogP contribution in [0.15, 0.2) is 12.3 Å². The summed E-state index contributed by atoms with van der Waals surface area (Å²) in [6.45, 7) is 3.06. The molecule has 0 spiro atoms. The fourth-order valence-electron chi connectivity index (χ4n) is 4.24. The predicted molar refractivity (Wildman–Crippen MR) is 99.2 cm³/mol. The van der Waals surface area contributed by atoms with Crippen molar-refractivity contribution >= 4 is 17.3 Å². The highest BCUT2D eigenvalue weighted by Gasteiger charge is 2.32. The van der Waals surface area contributed by atoms with Gasteiger partial charge in [-0.3, -0.25) is 0 Å². The number of anilines is 1. The number of imidazole rings is 1. The first-order valence-corrected chi connectivity index (χ1v) is 9.61. The number of nitrogens with zero attached hydrogens (tertiary/aromatic N) is 2. The largest absolute Gasteiger partial charge is 0.492 e. The SMILES string of the molecule is Nc1c(Cl)cc(-c2ncc(C3CCN(C4CC4)CC3)[nH]2)c2c1CCO2. The van der Waals surface area contributed by atoms with Crippen LogP contribution in [0.4, 0.5) is 5.69 Å². The molecule has 25 heavy (non-hydrogen) atoms. The molecule has 0 bridgehead atoms. The second kappa shape index (κ2) is 5.92. The van der Waals surface area contributed by atoms with E-state index in [0.29, 0.717) is 23.2 Å². The first-order valence-electron chi connectivity index (χ1n) is 9.23. The van der Waals surface area contributed by atoms with E-state index in [0.717, 1.165) is 35.2 Å². The lowest BCUT2D eigenvalue weighted by molar-refractivity contribution is 0.202. The van der Waals surface area contributed by atoms with Crippen molar-refractivity contribution in [2.24, 2.45) is 0 Å². The number of hydrogen-bond donors (Lipinski definition) is 2. The van der Waals surface area contributed by atoms with Crippen LogP contribution in [0.25, 0.3) is 11.4 Å². The number of nitrogens with one attached hydrogen (secondary N) is 1. The molecule has 3 heterocycles. The molecule has 2 aromatic rings. The second-order valence-electron chi connectivity index (χ2n) is 7.45. The van der Waals surface area contributed by atoms with Crippen LogP contribution >= 0.6 is 11.6 Å². The summed E-state index contributed by atoms with van der Waals surface area (Å²) in [4.78, 5) is 10.8. The van der Waals surface area contributed by atoms with Gasteiger partial charge in [-0.15, -0.1) is 0 Å². The number of benzene rings is 1. The van der Waals surface area contributed by atoms with Crippen molar-refractivity contribution in [3.05, 3.63) is 28.5 Å². The number of nitrogens with two attached hydrogens (primary N) is 1. The van der Waals surface area contributed by atoms with Gasteiger partial charge in [0.2, 0.25) is 0 Å². The van der Waals surface area contributed by atoms with Crippen molar-refractivity contribution in [3.63, 3.8) is 0 Å². The summed E-state index contributed by atoms with van der Waals surface area (Å²) in [6, 6.07) is 2.74. The summed E-state index contributed by atoms with van der Waals surface area (Å²) in [5.74, 6) is 2.24. The van der Waals surface area contributed by atoms with Crippen LogP contribution in [0.1, 0.15) is 42.9 Å². The van der Waals surface area contributed by atoms with Gasteiger partial charge >= 0.3 is 0 Å². The number of H-pyrrole nitrogens is 1. The van der Waals surface area contributed by atoms with Crippen LogP contribution in [-0.4, -0.2) is 40.6 Å². The third kappa shape index (κ3) is 2.70. The summed E-state index contributed by atoms with van der Waals surface area (Å²) in [5.41, 5.74) is 9.90. The maximum absolute atomic E-state index is 6.33. The van der Waals surface area contributed by atoms with E-state index in [-0.39, 0.29) is 0 Å². The number of ether oxygens (including phenoxy) is 1. The smallest absolute Gasteiger partial charge is 0.141 e. The van der Waals surface area contributed by atoms with Crippen molar-refractivity contribution in [1.29, 1.82) is 0 Å². The Morgan fingerprint density at radius 3 is 2.80 bits per heavy atom. The van der Waals surface area contributed by atoms with E-state index in [9.17, 15) is 0 Å². The molecule has 3 N–H and O–H groups in total. The van der Waals surface area contributed by atoms with Crippen LogP contribution in [0.2, 0.25) is 5.02 Å². The van der Waals surface area contributed by atoms with Crippen LogP contribution in [0, 0.1) is 0 Å². The van der Waals surface area contributed by atoms with E-state index in [1.54, 1.807) is 0 Å². The number of halogens is 1. The maximum atomic E-state index is 6.33. The average Bonchev–Trinajstić information content (AvgIpc) is 3.17. The quantitative estimate of drug-likeness (QED) is 0.823. The molecule has 132 valence electrons. The summed E-state index contributed by atoms with van der Waals surface area (Å²) in [7, 11) is 0. The van der Waals surface area contributed by atoms with E-state index in [2.05, 4.69) is 14.9 Å². The van der Waals surface area contributed by atoms with Crippen LogP contribution in [0.5, 0.6) is 5.75 Å². The molecule has 1 saturated heterocycles. The van der Waals surface area contributed by atoms with Crippen LogP contribution in [-0.2, 0) is 6.42 Å². The van der Waals surface area contributed by atoms with E-state index in [1.807, 2.05) is 12.3 Å². The van der Waals surface area contributed by atoms with Gasteiger partial charge < -0.3 is 20.4 Å². The lowest BCUT2D eigenvalue weighted by atomic mass is 9.94. The molecule has 5 nitrogen and oxygen atoms in total. The summed E-state index contributed by atoms with van der Waals surface area (Å²) in [5, 5.41) is 0.579. The van der Waals surface area contributed by atoms with Gasteiger partial charge in [-0.1, -0.05) is 11.6 Å². The zero-order valence-electron chi connectivity index (χ0n) is 14.2. The molecule has 6 heteroatoms. The van der Waals surface area contributed by atoms with Gasteiger partial charge in [-0.25, -0.2) is 4.98 Å². The zero-order chi connectivity index (χ0) is 17.0. The summed E-state index contributed by atoms with van der Waals surface area (Å²) >= 11 is 6.33. The lowest BCUT2D eigenvalue weighted by Gasteiger charge is -2.31. The molecular weight excluding hydrogens is 336 g/mol. The standard InChI is InChI=1S/C19H23ClN4O/c20-15-9-14(18-13(17(15)21)5-8-25-18)19-22-10-16(23-19)11-3-6-24(7-4-11)12-1-2-12/h9-12H,1-8,21H2,(H,22,23). The Kier molecular flexibility index (Phi) is 3.68. The minimum absolute atomic E-state index is 0.564. The molecule has 0 atom stereocenters. The Labute approximate surface area is 152 Å². The third-order valence-corrected chi connectivity index (χ3v) is 6.17. The highest BCUT2D eigenvalue weighted by molar-refractivity contribution is 6.33. The van der Waals surface area contributed by atoms with E-state index < -0.39 is 0 Å². The first kappa shape index (κ1) is 15.5. The second-order valence-corrected chi connectivity index (χ2v) is 7.86. The molecular formula is C19H23ClN4O. The van der Waals surface area contributed by atoms with E-state index >= 15 is 0 Å². The molecule has 5 rings (SSSR count). The molecule has 3 aliphatic rings. The average molecular weight is 359 g/mol. The Morgan fingerprint density at radius 1 is 1.24 bits per heavy atom. The number of aromatic amines is 1. The van der Waals surface area contributed by atoms with Gasteiger partial charge in [0, 0.05) is 35.8 Å². The Morgan fingerprint density at radius 2 is 2.04 bits per heavy atom. The van der Waals surface area contributed by atoms with Gasteiger partial charge in [0.05, 0.1) is 22.9 Å². The number of aromatic nitrogens is 2. The fourth-order valence-corrected chi connectivity index (χ4v) is 4.46. The number of rotatable bonds is 3. The molecule has 2 fully saturated rings. The van der Waals surface area contributed by atoms with Crippen molar-refractivity contribution in [2.75, 3.05) is 25.4 Å². The molecule has 2 aliphatic heterocycles. The van der Waals surface area contributed by atoms with E-state index in [1.165, 1.54) is 44.5 Å². The fraction of sp³-hybridized carbons (Fsp3) is 0.526. The van der Waals surface area contributed by atoms with Gasteiger partial charge in [-0.05, 0) is 44.8 Å². The highest BCUT2D eigenvalue weighted by atomic mass is 35.5. The lowest BCUT2D eigenvalue weighted by Crippen LogP contribution is -2.34. The van der Waals surface area contributed by atoms with Gasteiger partial charge in [0.25, 0.3) is 0 Å². The Balaban J connectivity index is 1.40. The van der Waals surface area contributed by atoms with Crippen LogP contribution < -0.4 is 10.5 Å². The van der Waals surface area contributed by atoms with Gasteiger partial charge in [0.15, 0.2) is 0 Å². The van der Waals surface area contributed by atoms with Crippen molar-refractivity contribution in [1.82, 2.24) is 14.9 Å². The number of nitrogen functional groups attached to an aromatic ring is 1. The number of piperidine rings is 1. The molecule has 0 amide bonds. The summed E-state index contributed by atoms with van der Waals surface area (Å²) < 4.78 is 5.82. The molecule has 1 aromatic carbocycles. The maximum Gasteiger partial charge on any atom is 0.141 e. The number of hydrogen-bond acceptors (Lipinski definition) is 4. The minimum Gasteiger partial charge on any atom is -0.492 e. The minimum atomic E-state index is 0.564. The monoisotopic (exact) mass is 358 g/mol. The van der Waals surface area contributed by atoms with Crippen molar-refractivity contribution in [2.45, 2.75) is 44.1 Å². The molecule has 1 aromatic heterocycles. The van der Waals surface area contributed by atoms with Crippen molar-refractivity contribution in [3.8, 4) is 17.1 Å². The third-order valence-electron chi connectivity index (χ3n) is 5.85. The first-order chi connectivity index (χ1) is 12.2. The highest BCUT2D eigenvalue weighted by Crippen LogP contribution is 2.43. The van der Waals surface area contributed by atoms with E-state index in [4.69, 9.17) is 22.1 Å². The zero-order valence-corrected chi connectivity index (χ0v) is 15.0. The molecule has 0 unspecified atom stereocenters. The summed E-state index contributed by atoms with van der Waals surface area (Å²) in [6.07, 6.45) is 7.98. The number of likely N-dealkylation sites (tertiary alicyclic amines) is 1. The normalized spacial score (nSPS) is 21.3. The Hall–Kier alpha value is -1.72. The Bertz CT molecular complexity index is 806. The topological polar surface area (TPSA) is 67.2 Å². The predicted octanol–water partition coefficient (Wildman–Crippen LogP) is 3.59. The molecule has 1 aliphatic carbocycles. The van der Waals surface area contributed by atoms with Gasteiger partial charge in [-0.2, -0.15) is 0 Å².